The first kappa shape index (κ1) is 12.7. The van der Waals surface area contributed by atoms with Gasteiger partial charge in [0.05, 0.1) is 4.90 Å². The van der Waals surface area contributed by atoms with Gasteiger partial charge in [0.15, 0.2) is 11.5 Å². The Morgan fingerprint density at radius 2 is 2.11 bits per heavy atom. The molecule has 2 aliphatic rings. The highest BCUT2D eigenvalue weighted by atomic mass is 32.2. The quantitative estimate of drug-likeness (QED) is 0.851. The summed E-state index contributed by atoms with van der Waals surface area (Å²) in [7, 11) is -3.48. The van der Waals surface area contributed by atoms with Crippen LogP contribution < -0.4 is 14.8 Å². The van der Waals surface area contributed by atoms with Crippen molar-refractivity contribution >= 4 is 10.0 Å². The SMILES string of the molecule is CC1CNCCN1S(=O)(=O)c1ccc2c(c1)OCO2. The van der Waals surface area contributed by atoms with Gasteiger partial charge in [0.1, 0.15) is 0 Å². The molecule has 0 spiro atoms. The molecule has 2 aliphatic heterocycles. The Morgan fingerprint density at radius 3 is 2.89 bits per heavy atom. The number of sulfonamides is 1. The van der Waals surface area contributed by atoms with E-state index in [1.54, 1.807) is 12.1 Å². The van der Waals surface area contributed by atoms with Crippen LogP contribution in [0, 0.1) is 0 Å². The minimum absolute atomic E-state index is 0.0517. The highest BCUT2D eigenvalue weighted by molar-refractivity contribution is 7.89. The molecule has 19 heavy (non-hydrogen) atoms. The summed E-state index contributed by atoms with van der Waals surface area (Å²) in [6.45, 7) is 3.87. The summed E-state index contributed by atoms with van der Waals surface area (Å²) in [5, 5.41) is 3.18. The summed E-state index contributed by atoms with van der Waals surface area (Å²) in [4.78, 5) is 0.255. The first-order chi connectivity index (χ1) is 9.09. The van der Waals surface area contributed by atoms with Crippen LogP contribution in [-0.4, -0.2) is 45.2 Å². The van der Waals surface area contributed by atoms with Crippen molar-refractivity contribution in [3.8, 4) is 11.5 Å². The van der Waals surface area contributed by atoms with E-state index in [1.807, 2.05) is 6.92 Å². The van der Waals surface area contributed by atoms with E-state index in [-0.39, 0.29) is 17.7 Å². The van der Waals surface area contributed by atoms with E-state index in [1.165, 1.54) is 10.4 Å². The van der Waals surface area contributed by atoms with Crippen molar-refractivity contribution < 1.29 is 17.9 Å². The van der Waals surface area contributed by atoms with Gasteiger partial charge in [-0.3, -0.25) is 0 Å². The second kappa shape index (κ2) is 4.66. The predicted molar refractivity (Wildman–Crippen MR) is 68.8 cm³/mol. The Bertz CT molecular complexity index is 587. The van der Waals surface area contributed by atoms with Gasteiger partial charge in [0.25, 0.3) is 0 Å². The zero-order chi connectivity index (χ0) is 13.5. The normalized spacial score (nSPS) is 23.5. The number of piperazine rings is 1. The molecule has 1 N–H and O–H groups in total. The van der Waals surface area contributed by atoms with Gasteiger partial charge in [-0.25, -0.2) is 8.42 Å². The van der Waals surface area contributed by atoms with Gasteiger partial charge in [-0.1, -0.05) is 0 Å². The van der Waals surface area contributed by atoms with Crippen LogP contribution in [0.15, 0.2) is 23.1 Å². The van der Waals surface area contributed by atoms with E-state index in [9.17, 15) is 8.42 Å². The molecule has 0 amide bonds. The molecule has 3 rings (SSSR count). The molecule has 0 aromatic heterocycles. The van der Waals surface area contributed by atoms with Crippen LogP contribution in [0.4, 0.5) is 0 Å². The summed E-state index contributed by atoms with van der Waals surface area (Å²) in [5.41, 5.74) is 0. The summed E-state index contributed by atoms with van der Waals surface area (Å²) in [5.74, 6) is 1.08. The van der Waals surface area contributed by atoms with Crippen molar-refractivity contribution in [3.63, 3.8) is 0 Å². The number of hydrogen-bond donors (Lipinski definition) is 1. The van der Waals surface area contributed by atoms with Crippen molar-refractivity contribution in [2.75, 3.05) is 26.4 Å². The fraction of sp³-hybridized carbons (Fsp3) is 0.500. The number of hydrogen-bond acceptors (Lipinski definition) is 5. The molecule has 1 aromatic carbocycles. The van der Waals surface area contributed by atoms with Crippen molar-refractivity contribution in [1.29, 1.82) is 0 Å². The lowest BCUT2D eigenvalue weighted by atomic mass is 10.3. The maximum absolute atomic E-state index is 12.6. The van der Waals surface area contributed by atoms with Gasteiger partial charge in [-0.05, 0) is 19.1 Å². The molecule has 1 atom stereocenters. The standard InChI is InChI=1S/C12H16N2O4S/c1-9-7-13-4-5-14(9)19(15,16)10-2-3-11-12(6-10)18-8-17-11/h2-3,6,9,13H,4-5,7-8H2,1H3. The number of ether oxygens (including phenoxy) is 2. The van der Waals surface area contributed by atoms with Crippen LogP contribution in [0.2, 0.25) is 0 Å². The fourth-order valence-corrected chi connectivity index (χ4v) is 4.00. The Kier molecular flexibility index (Phi) is 3.12. The predicted octanol–water partition coefficient (Wildman–Crippen LogP) is 0.398. The molecular formula is C12H16N2O4S. The maximum atomic E-state index is 12.6. The van der Waals surface area contributed by atoms with Crippen LogP contribution in [0.1, 0.15) is 6.92 Å². The second-order valence-corrected chi connectivity index (χ2v) is 6.57. The summed E-state index contributed by atoms with van der Waals surface area (Å²) < 4.78 is 37.2. The lowest BCUT2D eigenvalue weighted by molar-refractivity contribution is 0.174. The number of benzene rings is 1. The van der Waals surface area contributed by atoms with Gasteiger partial charge in [0.2, 0.25) is 16.8 Å². The third kappa shape index (κ3) is 2.18. The molecular weight excluding hydrogens is 268 g/mol. The smallest absolute Gasteiger partial charge is 0.243 e. The summed E-state index contributed by atoms with van der Waals surface area (Å²) in [6, 6.07) is 4.69. The summed E-state index contributed by atoms with van der Waals surface area (Å²) in [6.07, 6.45) is 0. The van der Waals surface area contributed by atoms with Crippen molar-refractivity contribution in [1.82, 2.24) is 9.62 Å². The minimum atomic E-state index is -3.48. The molecule has 0 saturated carbocycles. The fourth-order valence-electron chi connectivity index (χ4n) is 2.35. The molecule has 104 valence electrons. The van der Waals surface area contributed by atoms with E-state index in [2.05, 4.69) is 5.32 Å². The third-order valence-electron chi connectivity index (χ3n) is 3.39. The van der Waals surface area contributed by atoms with Gasteiger partial charge in [-0.2, -0.15) is 4.31 Å². The van der Waals surface area contributed by atoms with Crippen molar-refractivity contribution in [2.45, 2.75) is 17.9 Å². The molecule has 0 aliphatic carbocycles. The first-order valence-corrected chi connectivity index (χ1v) is 7.65. The minimum Gasteiger partial charge on any atom is -0.454 e. The molecule has 1 aromatic rings. The van der Waals surface area contributed by atoms with Gasteiger partial charge in [-0.15, -0.1) is 0 Å². The van der Waals surface area contributed by atoms with Gasteiger partial charge < -0.3 is 14.8 Å². The average Bonchev–Trinajstić information content (AvgIpc) is 2.86. The zero-order valence-corrected chi connectivity index (χ0v) is 11.4. The van der Waals surface area contributed by atoms with E-state index in [0.29, 0.717) is 31.1 Å². The monoisotopic (exact) mass is 284 g/mol. The van der Waals surface area contributed by atoms with Crippen LogP contribution in [0.5, 0.6) is 11.5 Å². The van der Waals surface area contributed by atoms with Crippen LogP contribution in [-0.2, 0) is 10.0 Å². The molecule has 2 heterocycles. The molecule has 1 unspecified atom stereocenters. The van der Waals surface area contributed by atoms with Crippen molar-refractivity contribution in [3.05, 3.63) is 18.2 Å². The van der Waals surface area contributed by atoms with Crippen LogP contribution in [0.25, 0.3) is 0 Å². The Morgan fingerprint density at radius 1 is 1.32 bits per heavy atom. The van der Waals surface area contributed by atoms with Crippen LogP contribution in [0.3, 0.4) is 0 Å². The van der Waals surface area contributed by atoms with Gasteiger partial charge in [0, 0.05) is 31.7 Å². The third-order valence-corrected chi connectivity index (χ3v) is 5.40. The van der Waals surface area contributed by atoms with Crippen molar-refractivity contribution in [2.24, 2.45) is 0 Å². The van der Waals surface area contributed by atoms with E-state index < -0.39 is 10.0 Å². The first-order valence-electron chi connectivity index (χ1n) is 6.21. The largest absolute Gasteiger partial charge is 0.454 e. The topological polar surface area (TPSA) is 67.9 Å². The maximum Gasteiger partial charge on any atom is 0.243 e. The average molecular weight is 284 g/mol. The number of nitrogens with one attached hydrogen (secondary N) is 1. The number of rotatable bonds is 2. The molecule has 0 bridgehead atoms. The molecule has 7 heteroatoms. The van der Waals surface area contributed by atoms with E-state index >= 15 is 0 Å². The van der Waals surface area contributed by atoms with Gasteiger partial charge >= 0.3 is 0 Å². The summed E-state index contributed by atoms with van der Waals surface area (Å²) >= 11 is 0. The Hall–Kier alpha value is -1.31. The number of fused-ring (bicyclic) bond motifs is 1. The molecule has 1 fully saturated rings. The lowest BCUT2D eigenvalue weighted by Gasteiger charge is -2.32. The Balaban J connectivity index is 1.95. The lowest BCUT2D eigenvalue weighted by Crippen LogP contribution is -2.52. The van der Waals surface area contributed by atoms with E-state index in [4.69, 9.17) is 9.47 Å². The van der Waals surface area contributed by atoms with Crippen LogP contribution >= 0.6 is 0 Å². The Labute approximate surface area is 112 Å². The number of nitrogens with zero attached hydrogens (tertiary/aromatic N) is 1. The zero-order valence-electron chi connectivity index (χ0n) is 10.6. The van der Waals surface area contributed by atoms with E-state index in [0.717, 1.165) is 0 Å². The highest BCUT2D eigenvalue weighted by Gasteiger charge is 2.31. The molecule has 1 saturated heterocycles. The molecule has 0 radical (unpaired) electrons. The molecule has 6 nitrogen and oxygen atoms in total. The second-order valence-electron chi connectivity index (χ2n) is 4.68. The highest BCUT2D eigenvalue weighted by Crippen LogP contribution is 2.34.